The second-order valence-corrected chi connectivity index (χ2v) is 6.41. The molecule has 0 atom stereocenters. The van der Waals surface area contributed by atoms with Crippen LogP contribution in [0, 0.1) is 6.92 Å². The van der Waals surface area contributed by atoms with Crippen LogP contribution in [-0.4, -0.2) is 24.2 Å². The summed E-state index contributed by atoms with van der Waals surface area (Å²) in [4.78, 5) is 1.45. The van der Waals surface area contributed by atoms with Crippen LogP contribution < -0.4 is 4.74 Å². The smallest absolute Gasteiger partial charge is 0.416 e. The number of aryl methyl sites for hydroxylation is 1. The van der Waals surface area contributed by atoms with Crippen molar-refractivity contribution in [1.82, 2.24) is 4.90 Å². The minimum atomic E-state index is -4.93. The van der Waals surface area contributed by atoms with Crippen molar-refractivity contribution in [3.63, 3.8) is 0 Å². The maximum Gasteiger partial charge on any atom is 0.416 e. The van der Waals surface area contributed by atoms with Gasteiger partial charge in [-0.3, -0.25) is 0 Å². The van der Waals surface area contributed by atoms with Gasteiger partial charge in [-0.2, -0.15) is 26.3 Å². The standard InChI is InChI=1S/C18H15F6NOS/c1-10-4-5-15(26-16(27)25(2)3)14(6-10)11-7-12(17(19,20)21)9-13(8-11)18(22,23)24/h4-9H,1-3H3. The van der Waals surface area contributed by atoms with E-state index in [0.29, 0.717) is 17.7 Å². The Bertz CT molecular complexity index is 826. The number of ether oxygens (including phenoxy) is 1. The van der Waals surface area contributed by atoms with Crippen LogP contribution >= 0.6 is 12.2 Å². The number of benzene rings is 2. The highest BCUT2D eigenvalue weighted by Gasteiger charge is 2.37. The number of alkyl halides is 6. The summed E-state index contributed by atoms with van der Waals surface area (Å²) in [5, 5.41) is 0.0168. The lowest BCUT2D eigenvalue weighted by Crippen LogP contribution is -2.25. The van der Waals surface area contributed by atoms with Gasteiger partial charge in [-0.25, -0.2) is 0 Å². The van der Waals surface area contributed by atoms with Gasteiger partial charge in [-0.15, -0.1) is 0 Å². The molecule has 0 saturated carbocycles. The van der Waals surface area contributed by atoms with Gasteiger partial charge in [0.2, 0.25) is 0 Å². The number of hydrogen-bond acceptors (Lipinski definition) is 2. The van der Waals surface area contributed by atoms with Crippen LogP contribution in [0.5, 0.6) is 5.75 Å². The fourth-order valence-corrected chi connectivity index (χ4v) is 2.34. The largest absolute Gasteiger partial charge is 0.431 e. The summed E-state index contributed by atoms with van der Waals surface area (Å²) in [5.41, 5.74) is -2.34. The Hall–Kier alpha value is -2.29. The number of hydrogen-bond donors (Lipinski definition) is 0. The van der Waals surface area contributed by atoms with E-state index in [1.54, 1.807) is 27.1 Å². The van der Waals surface area contributed by atoms with E-state index in [9.17, 15) is 26.3 Å². The molecule has 0 N–H and O–H groups in total. The molecule has 0 bridgehead atoms. The van der Waals surface area contributed by atoms with E-state index in [2.05, 4.69) is 0 Å². The number of thiocarbonyl (C=S) groups is 1. The van der Waals surface area contributed by atoms with Crippen molar-refractivity contribution in [2.45, 2.75) is 19.3 Å². The molecule has 0 heterocycles. The molecule has 0 aliphatic rings. The molecule has 2 nitrogen and oxygen atoms in total. The van der Waals surface area contributed by atoms with Crippen LogP contribution in [0.15, 0.2) is 36.4 Å². The second-order valence-electron chi connectivity index (χ2n) is 6.06. The highest BCUT2D eigenvalue weighted by Crippen LogP contribution is 2.40. The van der Waals surface area contributed by atoms with Gasteiger partial charge in [0.15, 0.2) is 0 Å². The Morgan fingerprint density at radius 2 is 1.41 bits per heavy atom. The van der Waals surface area contributed by atoms with E-state index in [1.807, 2.05) is 0 Å². The number of nitrogens with zero attached hydrogens (tertiary/aromatic N) is 1. The maximum atomic E-state index is 13.1. The summed E-state index contributed by atoms with van der Waals surface area (Å²) in [6.45, 7) is 1.66. The molecule has 0 aliphatic heterocycles. The molecule has 0 aromatic heterocycles. The van der Waals surface area contributed by atoms with Crippen molar-refractivity contribution in [2.75, 3.05) is 14.1 Å². The molecule has 146 valence electrons. The lowest BCUT2D eigenvalue weighted by Gasteiger charge is -2.19. The summed E-state index contributed by atoms with van der Waals surface area (Å²) < 4.78 is 84.2. The van der Waals surface area contributed by atoms with Crippen molar-refractivity contribution in [3.05, 3.63) is 53.1 Å². The van der Waals surface area contributed by atoms with Gasteiger partial charge in [0.1, 0.15) is 5.75 Å². The topological polar surface area (TPSA) is 12.5 Å². The van der Waals surface area contributed by atoms with Crippen LogP contribution in [-0.2, 0) is 12.4 Å². The van der Waals surface area contributed by atoms with Crippen LogP contribution in [0.3, 0.4) is 0 Å². The third-order valence-electron chi connectivity index (χ3n) is 3.60. The second kappa shape index (κ2) is 7.38. The summed E-state index contributed by atoms with van der Waals surface area (Å²) in [5.74, 6) is 0.0618. The van der Waals surface area contributed by atoms with Crippen LogP contribution in [0.2, 0.25) is 0 Å². The third-order valence-corrected chi connectivity index (χ3v) is 4.04. The summed E-state index contributed by atoms with van der Waals surface area (Å²) >= 11 is 5.02. The molecular weight excluding hydrogens is 392 g/mol. The average Bonchev–Trinajstić information content (AvgIpc) is 2.54. The molecule has 27 heavy (non-hydrogen) atoms. The van der Waals surface area contributed by atoms with Crippen molar-refractivity contribution >= 4 is 17.4 Å². The number of rotatable bonds is 2. The first kappa shape index (κ1) is 21.0. The fourth-order valence-electron chi connectivity index (χ4n) is 2.25. The maximum absolute atomic E-state index is 13.1. The summed E-state index contributed by atoms with van der Waals surface area (Å²) in [6.07, 6.45) is -9.86. The molecule has 2 aromatic carbocycles. The molecule has 0 saturated heterocycles. The normalized spacial score (nSPS) is 12.0. The predicted molar refractivity (Wildman–Crippen MR) is 93.5 cm³/mol. The van der Waals surface area contributed by atoms with Gasteiger partial charge in [-0.1, -0.05) is 11.6 Å². The average molecular weight is 407 g/mol. The van der Waals surface area contributed by atoms with Gasteiger partial charge in [0.25, 0.3) is 5.17 Å². The Morgan fingerprint density at radius 1 is 0.889 bits per heavy atom. The molecule has 0 fully saturated rings. The quantitative estimate of drug-likeness (QED) is 0.453. The van der Waals surface area contributed by atoms with E-state index in [1.165, 1.54) is 17.0 Å². The highest BCUT2D eigenvalue weighted by atomic mass is 32.1. The fraction of sp³-hybridized carbons (Fsp3) is 0.278. The van der Waals surface area contributed by atoms with Crippen molar-refractivity contribution in [2.24, 2.45) is 0 Å². The SMILES string of the molecule is Cc1ccc(OC(=S)N(C)C)c(-c2cc(C(F)(F)F)cc(C(F)(F)F)c2)c1. The Labute approximate surface area is 157 Å². The summed E-state index contributed by atoms with van der Waals surface area (Å²) in [6, 6.07) is 5.93. The molecule has 2 aromatic rings. The zero-order valence-corrected chi connectivity index (χ0v) is 15.3. The van der Waals surface area contributed by atoms with Gasteiger partial charge in [0.05, 0.1) is 11.1 Å². The minimum absolute atomic E-state index is 0.0168. The van der Waals surface area contributed by atoms with Crippen molar-refractivity contribution in [1.29, 1.82) is 0 Å². The van der Waals surface area contributed by atoms with Gasteiger partial charge < -0.3 is 9.64 Å². The van der Waals surface area contributed by atoms with E-state index in [0.717, 1.165) is 0 Å². The lowest BCUT2D eigenvalue weighted by atomic mass is 9.97. The predicted octanol–water partition coefficient (Wildman–Crippen LogP) is 5.92. The van der Waals surface area contributed by atoms with E-state index in [-0.39, 0.29) is 28.1 Å². The molecule has 0 radical (unpaired) electrons. The van der Waals surface area contributed by atoms with Crippen molar-refractivity contribution < 1.29 is 31.1 Å². The summed E-state index contributed by atoms with van der Waals surface area (Å²) in [7, 11) is 3.20. The Balaban J connectivity index is 2.70. The molecule has 2 rings (SSSR count). The van der Waals surface area contributed by atoms with E-state index < -0.39 is 23.5 Å². The van der Waals surface area contributed by atoms with Gasteiger partial charge in [-0.05, 0) is 55.0 Å². The first-order chi connectivity index (χ1) is 12.3. The first-order valence-corrected chi connectivity index (χ1v) is 7.99. The molecule has 9 heteroatoms. The molecule has 0 amide bonds. The lowest BCUT2D eigenvalue weighted by molar-refractivity contribution is -0.143. The molecule has 0 aliphatic carbocycles. The zero-order valence-electron chi connectivity index (χ0n) is 14.5. The van der Waals surface area contributed by atoms with Crippen molar-refractivity contribution in [3.8, 4) is 16.9 Å². The van der Waals surface area contributed by atoms with Crippen LogP contribution in [0.25, 0.3) is 11.1 Å². The minimum Gasteiger partial charge on any atom is -0.431 e. The molecular formula is C18H15F6NOS. The van der Waals surface area contributed by atoms with E-state index >= 15 is 0 Å². The van der Waals surface area contributed by atoms with E-state index in [4.69, 9.17) is 17.0 Å². The zero-order chi connectivity index (χ0) is 20.6. The monoisotopic (exact) mass is 407 g/mol. The first-order valence-electron chi connectivity index (χ1n) is 7.58. The van der Waals surface area contributed by atoms with Crippen LogP contribution in [0.4, 0.5) is 26.3 Å². The highest BCUT2D eigenvalue weighted by molar-refractivity contribution is 7.80. The van der Waals surface area contributed by atoms with Gasteiger partial charge in [0, 0.05) is 19.7 Å². The van der Waals surface area contributed by atoms with Crippen LogP contribution in [0.1, 0.15) is 16.7 Å². The Morgan fingerprint density at radius 3 is 1.85 bits per heavy atom. The third kappa shape index (κ3) is 5.12. The van der Waals surface area contributed by atoms with Gasteiger partial charge >= 0.3 is 12.4 Å². The number of halogens is 6. The molecule has 0 unspecified atom stereocenters. The Kier molecular flexibility index (Phi) is 5.74. The molecule has 0 spiro atoms.